The fourth-order valence-corrected chi connectivity index (χ4v) is 6.42. The second kappa shape index (κ2) is 12.9. The van der Waals surface area contributed by atoms with Crippen LogP contribution in [0.15, 0.2) is 42.7 Å². The number of hydrogen-bond donors (Lipinski definition) is 1. The summed E-state index contributed by atoms with van der Waals surface area (Å²) in [5.41, 5.74) is 2.70. The quantitative estimate of drug-likeness (QED) is 0.433. The maximum atomic E-state index is 13.8. The fourth-order valence-electron chi connectivity index (χ4n) is 6.42. The van der Waals surface area contributed by atoms with Gasteiger partial charge in [0, 0.05) is 64.2 Å². The van der Waals surface area contributed by atoms with Crippen LogP contribution in [0.25, 0.3) is 0 Å². The first-order valence-corrected chi connectivity index (χ1v) is 14.8. The number of carbonyl (C=O) groups excluding carboxylic acids is 3. The molecule has 5 rings (SSSR count). The number of likely N-dealkylation sites (tertiary alicyclic amines) is 1. The Labute approximate surface area is 246 Å². The zero-order valence-corrected chi connectivity index (χ0v) is 24.3. The van der Waals surface area contributed by atoms with Crippen molar-refractivity contribution in [2.24, 2.45) is 5.92 Å². The molecule has 11 nitrogen and oxygen atoms in total. The van der Waals surface area contributed by atoms with Gasteiger partial charge in [0.05, 0.1) is 31.0 Å². The highest BCUT2D eigenvalue weighted by molar-refractivity contribution is 5.96. The Kier molecular flexibility index (Phi) is 9.06. The molecule has 1 aromatic heterocycles. The van der Waals surface area contributed by atoms with Gasteiger partial charge in [-0.05, 0) is 42.2 Å². The highest BCUT2D eigenvalue weighted by Crippen LogP contribution is 2.41. The summed E-state index contributed by atoms with van der Waals surface area (Å²) in [6, 6.07) is 8.68. The lowest BCUT2D eigenvalue weighted by Gasteiger charge is -2.34. The summed E-state index contributed by atoms with van der Waals surface area (Å²) < 4.78 is 5.67. The normalized spacial score (nSPS) is 22.3. The van der Waals surface area contributed by atoms with E-state index in [0.717, 1.165) is 41.0 Å². The van der Waals surface area contributed by atoms with Gasteiger partial charge < -0.3 is 19.6 Å². The molecule has 42 heavy (non-hydrogen) atoms. The van der Waals surface area contributed by atoms with Crippen LogP contribution >= 0.6 is 0 Å². The van der Waals surface area contributed by atoms with Gasteiger partial charge in [-0.3, -0.25) is 29.2 Å². The van der Waals surface area contributed by atoms with Gasteiger partial charge in [0.2, 0.25) is 11.8 Å². The van der Waals surface area contributed by atoms with Crippen LogP contribution in [0.4, 0.5) is 10.5 Å². The summed E-state index contributed by atoms with van der Waals surface area (Å²) in [4.78, 5) is 62.1. The van der Waals surface area contributed by atoms with Crippen molar-refractivity contribution < 1.29 is 29.0 Å². The number of ether oxygens (including phenoxy) is 1. The highest BCUT2D eigenvalue weighted by Gasteiger charge is 2.47. The van der Waals surface area contributed by atoms with E-state index in [0.29, 0.717) is 44.9 Å². The number of carbonyl (C=O) groups is 4. The predicted molar refractivity (Wildman–Crippen MR) is 155 cm³/mol. The van der Waals surface area contributed by atoms with Crippen LogP contribution in [0.1, 0.15) is 49.7 Å². The number of pyridine rings is 1. The summed E-state index contributed by atoms with van der Waals surface area (Å²) in [5.74, 6) is -1.56. The Hall–Kier alpha value is -3.99. The van der Waals surface area contributed by atoms with E-state index < -0.39 is 17.9 Å². The first-order chi connectivity index (χ1) is 20.3. The van der Waals surface area contributed by atoms with Crippen LogP contribution in [-0.2, 0) is 20.8 Å². The molecule has 0 radical (unpaired) electrons. The number of anilines is 1. The molecule has 0 bridgehead atoms. The number of aromatic nitrogens is 1. The van der Waals surface area contributed by atoms with E-state index in [1.165, 1.54) is 7.05 Å². The number of benzene rings is 1. The maximum absolute atomic E-state index is 13.8. The monoisotopic (exact) mass is 577 g/mol. The third-order valence-electron chi connectivity index (χ3n) is 8.73. The zero-order chi connectivity index (χ0) is 29.8. The summed E-state index contributed by atoms with van der Waals surface area (Å²) >= 11 is 0. The molecule has 4 heterocycles. The molecule has 3 aliphatic rings. The van der Waals surface area contributed by atoms with Crippen LogP contribution in [-0.4, -0.2) is 101 Å². The average Bonchev–Trinajstić information content (AvgIpc) is 3.60. The minimum Gasteiger partial charge on any atom is -0.493 e. The van der Waals surface area contributed by atoms with Gasteiger partial charge in [-0.1, -0.05) is 25.5 Å². The topological polar surface area (TPSA) is 124 Å². The molecule has 1 aromatic carbocycles. The number of fused-ring (bicyclic) bond motifs is 1. The van der Waals surface area contributed by atoms with Gasteiger partial charge in [0.25, 0.3) is 0 Å². The maximum Gasteiger partial charge on any atom is 0.326 e. The average molecular weight is 578 g/mol. The standard InChI is InChI=1S/C31H39N5O6/c1-3-4-13-36(23-6-5-12-32-18-23)28(38)20-35-19-24(21-7-8-26-22(17-21)11-16-42-26)29(30(39)40)25(35)9-14-34-15-10-27(37)33(2)31(34)41/h5-8,12,17-18,24-25,29H,3-4,9-11,13-16,19-20H2,1-2H3,(H,39,40)/t24-,25+,29-/m1/s1. The molecule has 0 unspecified atom stereocenters. The van der Waals surface area contributed by atoms with Crippen molar-refractivity contribution >= 4 is 29.5 Å². The number of aliphatic carboxylic acids is 1. The van der Waals surface area contributed by atoms with E-state index in [-0.39, 0.29) is 36.7 Å². The number of carboxylic acids is 1. The number of unbranched alkanes of at least 4 members (excludes halogenated alkanes) is 1. The number of rotatable bonds is 11. The third kappa shape index (κ3) is 6.11. The molecule has 2 fully saturated rings. The number of nitrogens with zero attached hydrogens (tertiary/aromatic N) is 5. The Morgan fingerprint density at radius 1 is 1.19 bits per heavy atom. The first-order valence-electron chi connectivity index (χ1n) is 14.8. The molecule has 0 spiro atoms. The van der Waals surface area contributed by atoms with Gasteiger partial charge >= 0.3 is 12.0 Å². The summed E-state index contributed by atoms with van der Waals surface area (Å²) in [5, 5.41) is 10.5. The summed E-state index contributed by atoms with van der Waals surface area (Å²) in [6.07, 6.45) is 6.45. The molecule has 0 saturated carbocycles. The highest BCUT2D eigenvalue weighted by atomic mass is 16.5. The van der Waals surface area contributed by atoms with Gasteiger partial charge in [-0.25, -0.2) is 4.79 Å². The van der Waals surface area contributed by atoms with E-state index in [4.69, 9.17) is 4.74 Å². The van der Waals surface area contributed by atoms with Gasteiger partial charge in [-0.2, -0.15) is 0 Å². The van der Waals surface area contributed by atoms with Crippen LogP contribution in [0.3, 0.4) is 0 Å². The lowest BCUT2D eigenvalue weighted by atomic mass is 9.83. The SMILES string of the molecule is CCCCN(C(=O)CN1C[C@H](c2ccc3c(c2)CCO3)[C@@H](C(=O)O)[C@@H]1CCN1CCC(=O)N(C)C1=O)c1cccnc1. The molecule has 2 saturated heterocycles. The minimum absolute atomic E-state index is 0.0456. The van der Waals surface area contributed by atoms with Gasteiger partial charge in [-0.15, -0.1) is 0 Å². The van der Waals surface area contributed by atoms with Crippen molar-refractivity contribution in [1.29, 1.82) is 0 Å². The number of amides is 4. The molecule has 0 aliphatic carbocycles. The molecule has 4 amide bonds. The van der Waals surface area contributed by atoms with E-state index in [9.17, 15) is 24.3 Å². The van der Waals surface area contributed by atoms with E-state index in [1.807, 2.05) is 29.2 Å². The van der Waals surface area contributed by atoms with Crippen LogP contribution < -0.4 is 9.64 Å². The Morgan fingerprint density at radius 2 is 2.02 bits per heavy atom. The van der Waals surface area contributed by atoms with E-state index >= 15 is 0 Å². The zero-order valence-electron chi connectivity index (χ0n) is 24.3. The first kappa shape index (κ1) is 29.5. The smallest absolute Gasteiger partial charge is 0.326 e. The largest absolute Gasteiger partial charge is 0.493 e. The number of hydrogen-bond acceptors (Lipinski definition) is 7. The lowest BCUT2D eigenvalue weighted by molar-refractivity contribution is -0.143. The van der Waals surface area contributed by atoms with Crippen LogP contribution in [0.2, 0.25) is 0 Å². The Bertz CT molecular complexity index is 1320. The Morgan fingerprint density at radius 3 is 2.76 bits per heavy atom. The van der Waals surface area contributed by atoms with Crippen molar-refractivity contribution in [3.05, 3.63) is 53.9 Å². The second-order valence-electron chi connectivity index (χ2n) is 11.3. The van der Waals surface area contributed by atoms with Crippen molar-refractivity contribution in [3.63, 3.8) is 0 Å². The van der Waals surface area contributed by atoms with Crippen LogP contribution in [0, 0.1) is 5.92 Å². The molecule has 224 valence electrons. The second-order valence-corrected chi connectivity index (χ2v) is 11.3. The van der Waals surface area contributed by atoms with Crippen molar-refractivity contribution in [2.45, 2.75) is 51.0 Å². The lowest BCUT2D eigenvalue weighted by Crippen LogP contribution is -2.52. The minimum atomic E-state index is -0.927. The summed E-state index contributed by atoms with van der Waals surface area (Å²) in [7, 11) is 1.47. The molecule has 2 aromatic rings. The number of carboxylic acid groups (broad SMARTS) is 1. The molecular weight excluding hydrogens is 538 g/mol. The molecule has 3 atom stereocenters. The molecular formula is C31H39N5O6. The van der Waals surface area contributed by atoms with Crippen LogP contribution in [0.5, 0.6) is 5.75 Å². The van der Waals surface area contributed by atoms with Crippen molar-refractivity contribution in [2.75, 3.05) is 51.3 Å². The fraction of sp³-hybridized carbons (Fsp3) is 0.516. The van der Waals surface area contributed by atoms with E-state index in [1.54, 1.807) is 28.3 Å². The van der Waals surface area contributed by atoms with Gasteiger partial charge in [0.15, 0.2) is 0 Å². The van der Waals surface area contributed by atoms with Crippen molar-refractivity contribution in [3.8, 4) is 5.75 Å². The molecule has 1 N–H and O–H groups in total. The number of urea groups is 1. The number of imide groups is 1. The van der Waals surface area contributed by atoms with E-state index in [2.05, 4.69) is 11.9 Å². The molecule has 11 heteroatoms. The summed E-state index contributed by atoms with van der Waals surface area (Å²) in [6.45, 7) is 4.25. The molecule has 3 aliphatic heterocycles. The van der Waals surface area contributed by atoms with Gasteiger partial charge in [0.1, 0.15) is 5.75 Å². The predicted octanol–water partition coefficient (Wildman–Crippen LogP) is 2.99. The Balaban J connectivity index is 1.42. The van der Waals surface area contributed by atoms with Crippen molar-refractivity contribution in [1.82, 2.24) is 19.7 Å². The third-order valence-corrected chi connectivity index (χ3v) is 8.73.